The summed E-state index contributed by atoms with van der Waals surface area (Å²) in [5.74, 6) is 0.836. The number of fused-ring (bicyclic) bond motifs is 1. The second-order valence-electron chi connectivity index (χ2n) is 4.35. The Morgan fingerprint density at radius 1 is 1.24 bits per heavy atom. The number of rotatable bonds is 2. The van der Waals surface area contributed by atoms with E-state index in [2.05, 4.69) is 0 Å². The van der Waals surface area contributed by atoms with E-state index < -0.39 is 0 Å². The van der Waals surface area contributed by atoms with Crippen LogP contribution in [0.25, 0.3) is 0 Å². The fourth-order valence-corrected chi connectivity index (χ4v) is 1.86. The molecule has 0 saturated heterocycles. The van der Waals surface area contributed by atoms with Crippen LogP contribution in [-0.4, -0.2) is 20.3 Å². The smallest absolute Gasteiger partial charge is 0.206 e. The van der Waals surface area contributed by atoms with E-state index in [0.717, 1.165) is 6.42 Å². The molecule has 0 radical (unpaired) electrons. The number of hydrogen-bond donors (Lipinski definition) is 0. The minimum atomic E-state index is -0.335. The molecule has 0 fully saturated rings. The molecule has 0 atom stereocenters. The molecule has 4 heteroatoms. The Bertz CT molecular complexity index is 416. The Balaban J connectivity index is 2.59. The fourth-order valence-electron chi connectivity index (χ4n) is 1.86. The predicted molar refractivity (Wildman–Crippen MR) is 62.6 cm³/mol. The second-order valence-corrected chi connectivity index (χ2v) is 4.35. The van der Waals surface area contributed by atoms with Crippen molar-refractivity contribution < 1.29 is 18.6 Å². The maximum absolute atomic E-state index is 14.2. The van der Waals surface area contributed by atoms with E-state index in [1.165, 1.54) is 0 Å². The summed E-state index contributed by atoms with van der Waals surface area (Å²) in [6.45, 7) is 4.85. The summed E-state index contributed by atoms with van der Waals surface area (Å²) in [7, 11) is 1.55. The molecule has 1 aromatic carbocycles. The van der Waals surface area contributed by atoms with Crippen molar-refractivity contribution in [1.82, 2.24) is 0 Å². The van der Waals surface area contributed by atoms with Gasteiger partial charge in [0.25, 0.3) is 0 Å². The molecule has 0 spiro atoms. The maximum Gasteiger partial charge on any atom is 0.206 e. The molecule has 94 valence electrons. The average Bonchev–Trinajstić information content (AvgIpc) is 2.55. The lowest BCUT2D eigenvalue weighted by Crippen LogP contribution is -2.02. The molecular weight excluding hydrogens is 223 g/mol. The first-order valence-corrected chi connectivity index (χ1v) is 5.81. The van der Waals surface area contributed by atoms with Crippen molar-refractivity contribution in [1.29, 1.82) is 0 Å². The Kier molecular flexibility index (Phi) is 3.41. The minimum Gasteiger partial charge on any atom is -0.493 e. The first-order chi connectivity index (χ1) is 8.15. The lowest BCUT2D eigenvalue weighted by Gasteiger charge is -2.16. The molecule has 1 aromatic rings. The molecule has 1 aliphatic rings. The van der Waals surface area contributed by atoms with Gasteiger partial charge < -0.3 is 14.2 Å². The van der Waals surface area contributed by atoms with Gasteiger partial charge in [0.05, 0.1) is 20.3 Å². The van der Waals surface area contributed by atoms with Crippen molar-refractivity contribution >= 4 is 0 Å². The first kappa shape index (κ1) is 12.0. The number of ether oxygens (including phenoxy) is 3. The van der Waals surface area contributed by atoms with Gasteiger partial charge >= 0.3 is 0 Å². The normalized spacial score (nSPS) is 14.6. The van der Waals surface area contributed by atoms with Gasteiger partial charge in [-0.3, -0.25) is 0 Å². The van der Waals surface area contributed by atoms with E-state index in [0.29, 0.717) is 30.3 Å². The van der Waals surface area contributed by atoms with E-state index in [1.54, 1.807) is 13.2 Å². The van der Waals surface area contributed by atoms with E-state index >= 15 is 0 Å². The highest BCUT2D eigenvalue weighted by Gasteiger charge is 2.24. The molecular formula is C13H17FO3. The molecule has 17 heavy (non-hydrogen) atoms. The molecule has 0 bridgehead atoms. The van der Waals surface area contributed by atoms with Gasteiger partial charge in [-0.15, -0.1) is 0 Å². The monoisotopic (exact) mass is 240 g/mol. The van der Waals surface area contributed by atoms with Gasteiger partial charge in [-0.25, -0.2) is 4.39 Å². The third-order valence-electron chi connectivity index (χ3n) is 2.79. The van der Waals surface area contributed by atoms with Crippen LogP contribution in [0.2, 0.25) is 0 Å². The van der Waals surface area contributed by atoms with Crippen molar-refractivity contribution in [3.63, 3.8) is 0 Å². The molecule has 0 aromatic heterocycles. The van der Waals surface area contributed by atoms with Gasteiger partial charge in [-0.2, -0.15) is 0 Å². The highest BCUT2D eigenvalue weighted by Crippen LogP contribution is 2.44. The van der Waals surface area contributed by atoms with Crippen LogP contribution in [0.15, 0.2) is 6.07 Å². The third kappa shape index (κ3) is 2.16. The summed E-state index contributed by atoms with van der Waals surface area (Å²) >= 11 is 0. The average molecular weight is 240 g/mol. The van der Waals surface area contributed by atoms with Crippen LogP contribution in [0.3, 0.4) is 0 Å². The van der Waals surface area contributed by atoms with Crippen LogP contribution >= 0.6 is 0 Å². The van der Waals surface area contributed by atoms with E-state index in [1.807, 2.05) is 13.8 Å². The number of benzene rings is 1. The first-order valence-electron chi connectivity index (χ1n) is 5.81. The second kappa shape index (κ2) is 4.82. The molecule has 0 amide bonds. The zero-order valence-electron chi connectivity index (χ0n) is 10.4. The van der Waals surface area contributed by atoms with Crippen LogP contribution in [0.5, 0.6) is 17.2 Å². The number of halogens is 1. The van der Waals surface area contributed by atoms with Gasteiger partial charge in [-0.05, 0) is 17.5 Å². The Morgan fingerprint density at radius 2 is 1.88 bits per heavy atom. The zero-order chi connectivity index (χ0) is 12.4. The molecule has 0 unspecified atom stereocenters. The van der Waals surface area contributed by atoms with Crippen molar-refractivity contribution in [3.05, 3.63) is 17.4 Å². The lowest BCUT2D eigenvalue weighted by molar-refractivity contribution is 0.288. The summed E-state index contributed by atoms with van der Waals surface area (Å²) in [5.41, 5.74) is 0.589. The van der Waals surface area contributed by atoms with Crippen molar-refractivity contribution in [2.24, 2.45) is 0 Å². The Morgan fingerprint density at radius 3 is 2.47 bits per heavy atom. The minimum absolute atomic E-state index is 0.0704. The van der Waals surface area contributed by atoms with E-state index in [-0.39, 0.29) is 17.5 Å². The number of hydrogen-bond acceptors (Lipinski definition) is 3. The topological polar surface area (TPSA) is 27.7 Å². The molecule has 0 saturated carbocycles. The lowest BCUT2D eigenvalue weighted by atomic mass is 10.0. The largest absolute Gasteiger partial charge is 0.493 e. The summed E-state index contributed by atoms with van der Waals surface area (Å²) in [4.78, 5) is 0. The molecule has 0 N–H and O–H groups in total. The zero-order valence-corrected chi connectivity index (χ0v) is 10.4. The van der Waals surface area contributed by atoms with Gasteiger partial charge in [0, 0.05) is 6.42 Å². The highest BCUT2D eigenvalue weighted by molar-refractivity contribution is 5.55. The molecule has 1 aliphatic heterocycles. The van der Waals surface area contributed by atoms with Gasteiger partial charge in [0.1, 0.15) is 0 Å². The molecule has 1 heterocycles. The summed E-state index contributed by atoms with van der Waals surface area (Å²) in [6.07, 6.45) is 0.744. The van der Waals surface area contributed by atoms with Crippen LogP contribution in [0.4, 0.5) is 4.39 Å². The van der Waals surface area contributed by atoms with E-state index in [9.17, 15) is 4.39 Å². The Hall–Kier alpha value is -1.45. The van der Waals surface area contributed by atoms with Crippen LogP contribution < -0.4 is 14.2 Å². The van der Waals surface area contributed by atoms with Crippen molar-refractivity contribution in [3.8, 4) is 17.2 Å². The maximum atomic E-state index is 14.2. The SMILES string of the molecule is COc1cc(C(C)C)c(F)c2c1OCCCO2. The summed E-state index contributed by atoms with van der Waals surface area (Å²) in [6, 6.07) is 1.69. The van der Waals surface area contributed by atoms with Crippen molar-refractivity contribution in [2.45, 2.75) is 26.2 Å². The highest BCUT2D eigenvalue weighted by atomic mass is 19.1. The van der Waals surface area contributed by atoms with Crippen LogP contribution in [-0.2, 0) is 0 Å². The van der Waals surface area contributed by atoms with Crippen LogP contribution in [0.1, 0.15) is 31.7 Å². The van der Waals surface area contributed by atoms with Gasteiger partial charge in [-0.1, -0.05) is 13.8 Å². The molecule has 3 nitrogen and oxygen atoms in total. The number of methoxy groups -OCH3 is 1. The predicted octanol–water partition coefficient (Wildman–Crippen LogP) is 3.12. The van der Waals surface area contributed by atoms with Gasteiger partial charge in [0.2, 0.25) is 11.5 Å². The molecule has 2 rings (SSSR count). The van der Waals surface area contributed by atoms with Gasteiger partial charge in [0.15, 0.2) is 11.6 Å². The third-order valence-corrected chi connectivity index (χ3v) is 2.79. The summed E-state index contributed by atoms with van der Waals surface area (Å²) in [5, 5.41) is 0. The van der Waals surface area contributed by atoms with Crippen molar-refractivity contribution in [2.75, 3.05) is 20.3 Å². The standard InChI is InChI=1S/C13H17FO3/c1-8(2)9-7-10(15-3)12-13(11(9)14)17-6-4-5-16-12/h7-8H,4-6H2,1-3H3. The van der Waals surface area contributed by atoms with Crippen LogP contribution in [0, 0.1) is 5.82 Å². The summed E-state index contributed by atoms with van der Waals surface area (Å²) < 4.78 is 30.4. The quantitative estimate of drug-likeness (QED) is 0.795. The van der Waals surface area contributed by atoms with E-state index in [4.69, 9.17) is 14.2 Å². The molecule has 0 aliphatic carbocycles. The Labute approximate surface area is 100 Å². The fraction of sp³-hybridized carbons (Fsp3) is 0.538.